The first kappa shape index (κ1) is 15.3. The number of aliphatic carboxylic acids is 1. The molecule has 0 spiro atoms. The Morgan fingerprint density at radius 3 is 2.57 bits per heavy atom. The maximum atomic E-state index is 11.5. The van der Waals surface area contributed by atoms with Gasteiger partial charge < -0.3 is 15.2 Å². The van der Waals surface area contributed by atoms with Crippen molar-refractivity contribution >= 4 is 17.8 Å². The number of rotatable bonds is 5. The molecular weight excluding hydrogens is 272 g/mol. The van der Waals surface area contributed by atoms with Crippen LogP contribution in [0.1, 0.15) is 43.0 Å². The second-order valence-electron chi connectivity index (χ2n) is 5.18. The van der Waals surface area contributed by atoms with E-state index in [9.17, 15) is 9.59 Å². The van der Waals surface area contributed by atoms with Gasteiger partial charge in [-0.3, -0.25) is 4.79 Å². The molecule has 1 heterocycles. The molecule has 1 saturated carbocycles. The van der Waals surface area contributed by atoms with E-state index in [0.29, 0.717) is 30.8 Å². The number of carbonyl (C=O) groups is 2. The average Bonchev–Trinajstić information content (AvgIpc) is 2.49. The molecule has 6 heteroatoms. The fourth-order valence-corrected chi connectivity index (χ4v) is 2.51. The summed E-state index contributed by atoms with van der Waals surface area (Å²) in [5.74, 6) is -0.604. The SMILES string of the molecule is CCOC(=O)c1ccc(NC2CCC(C(=O)O)CC2)nc1. The third kappa shape index (κ3) is 4.18. The van der Waals surface area contributed by atoms with E-state index in [1.165, 1.54) is 6.20 Å². The van der Waals surface area contributed by atoms with E-state index in [4.69, 9.17) is 9.84 Å². The second-order valence-corrected chi connectivity index (χ2v) is 5.18. The summed E-state index contributed by atoms with van der Waals surface area (Å²) in [5.41, 5.74) is 0.428. The number of hydrogen-bond donors (Lipinski definition) is 2. The number of carboxylic acid groups (broad SMARTS) is 1. The molecule has 0 atom stereocenters. The Bertz CT molecular complexity index is 493. The fraction of sp³-hybridized carbons (Fsp3) is 0.533. The summed E-state index contributed by atoms with van der Waals surface area (Å²) in [7, 11) is 0. The molecular formula is C15H20N2O4. The number of esters is 1. The van der Waals surface area contributed by atoms with E-state index >= 15 is 0 Å². The molecule has 0 saturated heterocycles. The minimum atomic E-state index is -0.703. The molecule has 0 bridgehead atoms. The Hall–Kier alpha value is -2.11. The van der Waals surface area contributed by atoms with E-state index in [-0.39, 0.29) is 17.9 Å². The van der Waals surface area contributed by atoms with Crippen LogP contribution in [0.2, 0.25) is 0 Å². The summed E-state index contributed by atoms with van der Waals surface area (Å²) in [6.07, 6.45) is 4.50. The molecule has 0 aromatic carbocycles. The normalized spacial score (nSPS) is 21.6. The maximum Gasteiger partial charge on any atom is 0.339 e. The fourth-order valence-electron chi connectivity index (χ4n) is 2.51. The van der Waals surface area contributed by atoms with Crippen LogP contribution in [0.5, 0.6) is 0 Å². The first-order chi connectivity index (χ1) is 10.1. The number of nitrogens with one attached hydrogen (secondary N) is 1. The summed E-state index contributed by atoms with van der Waals surface area (Å²) in [5, 5.41) is 12.2. The smallest absolute Gasteiger partial charge is 0.339 e. The summed E-state index contributed by atoms with van der Waals surface area (Å²) in [6, 6.07) is 3.66. The van der Waals surface area contributed by atoms with Crippen LogP contribution in [0.3, 0.4) is 0 Å². The van der Waals surface area contributed by atoms with Gasteiger partial charge in [0.05, 0.1) is 18.1 Å². The van der Waals surface area contributed by atoms with E-state index in [2.05, 4.69) is 10.3 Å². The summed E-state index contributed by atoms with van der Waals surface area (Å²) < 4.78 is 4.90. The van der Waals surface area contributed by atoms with Crippen LogP contribution in [0.15, 0.2) is 18.3 Å². The second kappa shape index (κ2) is 7.06. The predicted molar refractivity (Wildman–Crippen MR) is 77.2 cm³/mol. The van der Waals surface area contributed by atoms with Crippen LogP contribution in [0.25, 0.3) is 0 Å². The van der Waals surface area contributed by atoms with E-state index < -0.39 is 5.97 Å². The van der Waals surface area contributed by atoms with Gasteiger partial charge in [-0.05, 0) is 44.7 Å². The van der Waals surface area contributed by atoms with Crippen LogP contribution in [-0.2, 0) is 9.53 Å². The number of anilines is 1. The van der Waals surface area contributed by atoms with Gasteiger partial charge in [-0.15, -0.1) is 0 Å². The molecule has 1 aromatic rings. The number of ether oxygens (including phenoxy) is 1. The summed E-state index contributed by atoms with van der Waals surface area (Å²) in [6.45, 7) is 2.10. The Morgan fingerprint density at radius 1 is 1.33 bits per heavy atom. The highest BCUT2D eigenvalue weighted by Crippen LogP contribution is 2.26. The number of carboxylic acids is 1. The van der Waals surface area contributed by atoms with Gasteiger partial charge >= 0.3 is 11.9 Å². The van der Waals surface area contributed by atoms with Crippen LogP contribution in [0, 0.1) is 5.92 Å². The molecule has 2 rings (SSSR count). The van der Waals surface area contributed by atoms with Crippen molar-refractivity contribution in [2.45, 2.75) is 38.6 Å². The highest BCUT2D eigenvalue weighted by molar-refractivity contribution is 5.89. The zero-order valence-corrected chi connectivity index (χ0v) is 12.0. The largest absolute Gasteiger partial charge is 0.481 e. The number of pyridine rings is 1. The van der Waals surface area contributed by atoms with Gasteiger partial charge in [-0.1, -0.05) is 0 Å². The average molecular weight is 292 g/mol. The molecule has 1 fully saturated rings. The van der Waals surface area contributed by atoms with Gasteiger partial charge in [0.15, 0.2) is 0 Å². The zero-order valence-electron chi connectivity index (χ0n) is 12.0. The molecule has 0 unspecified atom stereocenters. The molecule has 0 radical (unpaired) electrons. The molecule has 1 aliphatic rings. The number of nitrogens with zero attached hydrogens (tertiary/aromatic N) is 1. The van der Waals surface area contributed by atoms with Gasteiger partial charge in [-0.25, -0.2) is 9.78 Å². The lowest BCUT2D eigenvalue weighted by atomic mass is 9.86. The van der Waals surface area contributed by atoms with Crippen molar-refractivity contribution in [3.63, 3.8) is 0 Å². The Labute approximate surface area is 123 Å². The maximum absolute atomic E-state index is 11.5. The lowest BCUT2D eigenvalue weighted by Gasteiger charge is -2.27. The standard InChI is InChI=1S/C15H20N2O4/c1-2-21-15(20)11-5-8-13(16-9-11)17-12-6-3-10(4-7-12)14(18)19/h5,8-10,12H,2-4,6-7H2,1H3,(H,16,17)(H,18,19). The predicted octanol–water partition coefficient (Wildman–Crippen LogP) is 2.31. The van der Waals surface area contributed by atoms with E-state index in [1.807, 2.05) is 0 Å². The molecule has 6 nitrogen and oxygen atoms in total. The van der Waals surface area contributed by atoms with Crippen LogP contribution < -0.4 is 5.32 Å². The summed E-state index contributed by atoms with van der Waals surface area (Å²) >= 11 is 0. The monoisotopic (exact) mass is 292 g/mol. The molecule has 0 amide bonds. The van der Waals surface area contributed by atoms with Crippen molar-refractivity contribution in [1.82, 2.24) is 4.98 Å². The molecule has 0 aliphatic heterocycles. The van der Waals surface area contributed by atoms with Crippen LogP contribution in [0.4, 0.5) is 5.82 Å². The van der Waals surface area contributed by atoms with Crippen LogP contribution >= 0.6 is 0 Å². The van der Waals surface area contributed by atoms with Gasteiger partial charge in [0.1, 0.15) is 5.82 Å². The first-order valence-electron chi connectivity index (χ1n) is 7.22. The van der Waals surface area contributed by atoms with E-state index in [0.717, 1.165) is 12.8 Å². The minimum Gasteiger partial charge on any atom is -0.481 e. The van der Waals surface area contributed by atoms with Crippen molar-refractivity contribution in [2.75, 3.05) is 11.9 Å². The highest BCUT2D eigenvalue weighted by Gasteiger charge is 2.25. The number of carbonyl (C=O) groups excluding carboxylic acids is 1. The summed E-state index contributed by atoms with van der Waals surface area (Å²) in [4.78, 5) is 26.6. The molecule has 1 aliphatic carbocycles. The molecule has 1 aromatic heterocycles. The van der Waals surface area contributed by atoms with Crippen molar-refractivity contribution in [3.8, 4) is 0 Å². The molecule has 2 N–H and O–H groups in total. The quantitative estimate of drug-likeness (QED) is 0.810. The van der Waals surface area contributed by atoms with Gasteiger partial charge in [-0.2, -0.15) is 0 Å². The third-order valence-corrected chi connectivity index (χ3v) is 3.70. The topological polar surface area (TPSA) is 88.5 Å². The highest BCUT2D eigenvalue weighted by atomic mass is 16.5. The van der Waals surface area contributed by atoms with Gasteiger partial charge in [0.2, 0.25) is 0 Å². The lowest BCUT2D eigenvalue weighted by Crippen LogP contribution is -2.29. The molecule has 21 heavy (non-hydrogen) atoms. The van der Waals surface area contributed by atoms with Crippen molar-refractivity contribution < 1.29 is 19.4 Å². The third-order valence-electron chi connectivity index (χ3n) is 3.70. The van der Waals surface area contributed by atoms with Crippen molar-refractivity contribution in [1.29, 1.82) is 0 Å². The van der Waals surface area contributed by atoms with Crippen molar-refractivity contribution in [2.24, 2.45) is 5.92 Å². The first-order valence-corrected chi connectivity index (χ1v) is 7.22. The number of hydrogen-bond acceptors (Lipinski definition) is 5. The Balaban J connectivity index is 1.87. The Morgan fingerprint density at radius 2 is 2.05 bits per heavy atom. The van der Waals surface area contributed by atoms with Crippen LogP contribution in [-0.4, -0.2) is 34.7 Å². The minimum absolute atomic E-state index is 0.220. The van der Waals surface area contributed by atoms with E-state index in [1.54, 1.807) is 19.1 Å². The zero-order chi connectivity index (χ0) is 15.2. The molecule has 114 valence electrons. The lowest BCUT2D eigenvalue weighted by molar-refractivity contribution is -0.142. The van der Waals surface area contributed by atoms with Gasteiger partial charge in [0.25, 0.3) is 0 Å². The van der Waals surface area contributed by atoms with Gasteiger partial charge in [0, 0.05) is 12.2 Å². The Kier molecular flexibility index (Phi) is 5.14. The van der Waals surface area contributed by atoms with Crippen molar-refractivity contribution in [3.05, 3.63) is 23.9 Å². The number of aromatic nitrogens is 1.